The number of terminal acetylenes is 1. The molecule has 0 radical (unpaired) electrons. The van der Waals surface area contributed by atoms with Crippen LogP contribution >= 0.6 is 0 Å². The quantitative estimate of drug-likeness (QED) is 0.591. The minimum Gasteiger partial charge on any atom is -0.274 e. The van der Waals surface area contributed by atoms with E-state index < -0.39 is 0 Å². The van der Waals surface area contributed by atoms with Crippen LogP contribution < -0.4 is 0 Å². The van der Waals surface area contributed by atoms with E-state index in [2.05, 4.69) is 38.8 Å². The van der Waals surface area contributed by atoms with Gasteiger partial charge in [0, 0.05) is 0 Å². The molecule has 1 aliphatic heterocycles. The van der Waals surface area contributed by atoms with Crippen LogP contribution in [0.25, 0.3) is 0 Å². The molecule has 0 bridgehead atoms. The Morgan fingerprint density at radius 2 is 1.62 bits per heavy atom. The van der Waals surface area contributed by atoms with Gasteiger partial charge in [0.05, 0.1) is 18.4 Å². The Bertz CT molecular complexity index is 700. The number of likely N-dealkylation sites (tertiary alicyclic amines) is 1. The second-order valence-corrected chi connectivity index (χ2v) is 9.48. The van der Waals surface area contributed by atoms with Gasteiger partial charge < -0.3 is 0 Å². The van der Waals surface area contributed by atoms with Crippen molar-refractivity contribution in [2.24, 2.45) is 22.7 Å². The van der Waals surface area contributed by atoms with Gasteiger partial charge in [0.1, 0.15) is 0 Å². The first kappa shape index (κ1) is 20.2. The predicted octanol–water partition coefficient (Wildman–Crippen LogP) is 4.49. The Balaban J connectivity index is 2.44. The Kier molecular flexibility index (Phi) is 5.66. The predicted molar refractivity (Wildman–Crippen MR) is 105 cm³/mol. The van der Waals surface area contributed by atoms with E-state index in [0.717, 1.165) is 0 Å². The molecule has 3 unspecified atom stereocenters. The molecule has 0 saturated carbocycles. The first-order chi connectivity index (χ1) is 12.0. The van der Waals surface area contributed by atoms with Crippen LogP contribution in [0.4, 0.5) is 0 Å². The first-order valence-corrected chi connectivity index (χ1v) is 9.32. The van der Waals surface area contributed by atoms with Crippen LogP contribution in [0.15, 0.2) is 30.3 Å². The van der Waals surface area contributed by atoms with E-state index in [0.29, 0.717) is 6.42 Å². The van der Waals surface area contributed by atoms with E-state index in [-0.39, 0.29) is 46.9 Å². The van der Waals surface area contributed by atoms with Crippen LogP contribution in [-0.4, -0.2) is 23.3 Å². The number of carbonyl (C=O) groups is 2. The average molecular weight is 354 g/mol. The number of hydrogen-bond acceptors (Lipinski definition) is 2. The normalized spacial score (nSPS) is 22.4. The lowest BCUT2D eigenvalue weighted by Gasteiger charge is -2.36. The standard InChI is InChI=1S/C23H31NO2/c1-8-14-24-20(25)17(19(21(24)26)23(5,6)7)15-18(22(2,3)4)16-12-10-9-11-13-16/h1,9-13,17-19H,14-15H2,2-7H3. The Morgan fingerprint density at radius 1 is 1.04 bits per heavy atom. The number of amides is 2. The summed E-state index contributed by atoms with van der Waals surface area (Å²) >= 11 is 0. The first-order valence-electron chi connectivity index (χ1n) is 9.32. The molecule has 0 spiro atoms. The fraction of sp³-hybridized carbons (Fsp3) is 0.565. The molecular formula is C23H31NO2. The zero-order valence-corrected chi connectivity index (χ0v) is 16.9. The summed E-state index contributed by atoms with van der Waals surface area (Å²) in [5, 5.41) is 0. The third kappa shape index (κ3) is 4.01. The van der Waals surface area contributed by atoms with Gasteiger partial charge in [-0.2, -0.15) is 0 Å². The van der Waals surface area contributed by atoms with Crippen molar-refractivity contribution >= 4 is 11.8 Å². The van der Waals surface area contributed by atoms with Crippen LogP contribution in [0.3, 0.4) is 0 Å². The van der Waals surface area contributed by atoms with E-state index in [1.54, 1.807) is 0 Å². The molecule has 3 nitrogen and oxygen atoms in total. The summed E-state index contributed by atoms with van der Waals surface area (Å²) in [5.74, 6) is 1.74. The highest BCUT2D eigenvalue weighted by Gasteiger charge is 2.53. The Morgan fingerprint density at radius 3 is 2.08 bits per heavy atom. The molecule has 2 rings (SSSR count). The molecule has 1 fully saturated rings. The van der Waals surface area contributed by atoms with E-state index in [9.17, 15) is 9.59 Å². The number of benzene rings is 1. The summed E-state index contributed by atoms with van der Waals surface area (Å²) in [6, 6.07) is 10.3. The van der Waals surface area contributed by atoms with Crippen LogP contribution in [-0.2, 0) is 9.59 Å². The molecule has 26 heavy (non-hydrogen) atoms. The smallest absolute Gasteiger partial charge is 0.234 e. The summed E-state index contributed by atoms with van der Waals surface area (Å²) in [5.41, 5.74) is 0.898. The number of rotatable bonds is 4. The molecule has 2 amide bonds. The van der Waals surface area contributed by atoms with Gasteiger partial charge in [-0.15, -0.1) is 6.42 Å². The van der Waals surface area contributed by atoms with E-state index in [4.69, 9.17) is 6.42 Å². The summed E-state index contributed by atoms with van der Waals surface area (Å²) in [6.45, 7) is 12.7. The van der Waals surface area contributed by atoms with Crippen LogP contribution in [0.1, 0.15) is 59.4 Å². The summed E-state index contributed by atoms with van der Waals surface area (Å²) in [6.07, 6.45) is 6.05. The fourth-order valence-corrected chi connectivity index (χ4v) is 4.18. The highest BCUT2D eigenvalue weighted by atomic mass is 16.2. The van der Waals surface area contributed by atoms with Gasteiger partial charge in [-0.3, -0.25) is 14.5 Å². The lowest BCUT2D eigenvalue weighted by atomic mass is 9.66. The average Bonchev–Trinajstić information content (AvgIpc) is 2.76. The largest absolute Gasteiger partial charge is 0.274 e. The molecule has 0 aliphatic carbocycles. The van der Waals surface area contributed by atoms with Crippen molar-refractivity contribution in [1.82, 2.24) is 4.90 Å². The lowest BCUT2D eigenvalue weighted by molar-refractivity contribution is -0.139. The molecule has 1 aliphatic rings. The summed E-state index contributed by atoms with van der Waals surface area (Å²) in [4.78, 5) is 27.3. The number of carbonyl (C=O) groups excluding carboxylic acids is 2. The van der Waals surface area contributed by atoms with E-state index in [1.807, 2.05) is 39.0 Å². The third-order valence-electron chi connectivity index (χ3n) is 5.44. The SMILES string of the molecule is C#CCN1C(=O)C(CC(c2ccccc2)C(C)(C)C)C(C(C)(C)C)C1=O. The van der Waals surface area contributed by atoms with E-state index >= 15 is 0 Å². The molecule has 0 N–H and O–H groups in total. The minimum absolute atomic E-state index is 0.0212. The highest BCUT2D eigenvalue weighted by molar-refractivity contribution is 6.05. The van der Waals surface area contributed by atoms with Crippen molar-refractivity contribution in [2.75, 3.05) is 6.54 Å². The molecule has 3 heteroatoms. The highest BCUT2D eigenvalue weighted by Crippen LogP contribution is 2.47. The second-order valence-electron chi connectivity index (χ2n) is 9.48. The van der Waals surface area contributed by atoms with Gasteiger partial charge in [-0.25, -0.2) is 0 Å². The van der Waals surface area contributed by atoms with Gasteiger partial charge >= 0.3 is 0 Å². The van der Waals surface area contributed by atoms with Crippen LogP contribution in [0, 0.1) is 35.0 Å². The van der Waals surface area contributed by atoms with Crippen molar-refractivity contribution in [2.45, 2.75) is 53.9 Å². The fourth-order valence-electron chi connectivity index (χ4n) is 4.18. The van der Waals surface area contributed by atoms with Gasteiger partial charge in [-0.1, -0.05) is 77.8 Å². The maximum Gasteiger partial charge on any atom is 0.234 e. The summed E-state index contributed by atoms with van der Waals surface area (Å²) < 4.78 is 0. The molecule has 1 heterocycles. The number of hydrogen-bond donors (Lipinski definition) is 0. The van der Waals surface area contributed by atoms with Crippen molar-refractivity contribution in [1.29, 1.82) is 0 Å². The van der Waals surface area contributed by atoms with Gasteiger partial charge in [0.2, 0.25) is 11.8 Å². The topological polar surface area (TPSA) is 37.4 Å². The van der Waals surface area contributed by atoms with Gasteiger partial charge in [-0.05, 0) is 28.7 Å². The second kappa shape index (κ2) is 7.27. The Labute approximate surface area is 158 Å². The molecule has 1 saturated heterocycles. The third-order valence-corrected chi connectivity index (χ3v) is 5.44. The molecular weight excluding hydrogens is 322 g/mol. The van der Waals surface area contributed by atoms with Crippen molar-refractivity contribution < 1.29 is 9.59 Å². The monoisotopic (exact) mass is 353 g/mol. The van der Waals surface area contributed by atoms with Crippen molar-refractivity contribution in [3.63, 3.8) is 0 Å². The lowest BCUT2D eigenvalue weighted by Crippen LogP contribution is -2.34. The number of imide groups is 1. The zero-order chi connectivity index (χ0) is 19.7. The van der Waals surface area contributed by atoms with Crippen LogP contribution in [0.2, 0.25) is 0 Å². The zero-order valence-electron chi connectivity index (χ0n) is 16.9. The minimum atomic E-state index is -0.336. The summed E-state index contributed by atoms with van der Waals surface area (Å²) in [7, 11) is 0. The maximum atomic E-state index is 13.1. The number of nitrogens with zero attached hydrogens (tertiary/aromatic N) is 1. The molecule has 1 aromatic rings. The molecule has 1 aromatic carbocycles. The molecule has 140 valence electrons. The maximum absolute atomic E-state index is 13.1. The molecule has 3 atom stereocenters. The van der Waals surface area contributed by atoms with E-state index in [1.165, 1.54) is 10.5 Å². The van der Waals surface area contributed by atoms with Crippen molar-refractivity contribution in [3.8, 4) is 12.3 Å². The van der Waals surface area contributed by atoms with Crippen LogP contribution in [0.5, 0.6) is 0 Å². The van der Waals surface area contributed by atoms with Gasteiger partial charge in [0.15, 0.2) is 0 Å². The van der Waals surface area contributed by atoms with Crippen molar-refractivity contribution in [3.05, 3.63) is 35.9 Å². The molecule has 0 aromatic heterocycles. The van der Waals surface area contributed by atoms with Gasteiger partial charge in [0.25, 0.3) is 0 Å². The Hall–Kier alpha value is -2.08.